The normalized spacial score (nSPS) is 10.5. The summed E-state index contributed by atoms with van der Waals surface area (Å²) in [5.41, 5.74) is 1.88. The van der Waals surface area contributed by atoms with E-state index in [2.05, 4.69) is 26.2 Å². The minimum Gasteiger partial charge on any atom is -0.339 e. The van der Waals surface area contributed by atoms with Crippen LogP contribution in [0.4, 0.5) is 15.9 Å². The molecule has 0 atom stereocenters. The van der Waals surface area contributed by atoms with Crippen molar-refractivity contribution in [3.63, 3.8) is 0 Å². The number of nitrogens with zero attached hydrogens (tertiary/aromatic N) is 1. The second kappa shape index (κ2) is 5.24. The monoisotopic (exact) mass is 328 g/mol. The Bertz CT molecular complexity index is 602. The maximum atomic E-state index is 13.5. The topological polar surface area (TPSA) is 24.9 Å². The summed E-state index contributed by atoms with van der Waals surface area (Å²) in [5, 5.41) is 3.47. The van der Waals surface area contributed by atoms with E-state index in [1.165, 1.54) is 6.07 Å². The van der Waals surface area contributed by atoms with Crippen molar-refractivity contribution < 1.29 is 4.39 Å². The fraction of sp³-hybridized carbons (Fsp3) is 0.154. The van der Waals surface area contributed by atoms with Gasteiger partial charge in [0.25, 0.3) is 0 Å². The fourth-order valence-corrected chi connectivity index (χ4v) is 1.98. The van der Waals surface area contributed by atoms with E-state index in [4.69, 9.17) is 11.6 Å². The standard InChI is InChI=1S/C13H11BrClFN2/c1-7-5-10(15)12(6-11(7)16)18-13-4-3-9(14)8(2)17-13/h3-6H,1-2H3,(H,17,18). The zero-order valence-electron chi connectivity index (χ0n) is 9.89. The molecular formula is C13H11BrClFN2. The van der Waals surface area contributed by atoms with E-state index < -0.39 is 0 Å². The predicted octanol–water partition coefficient (Wildman–Crippen LogP) is 5.00. The zero-order valence-corrected chi connectivity index (χ0v) is 12.2. The van der Waals surface area contributed by atoms with Gasteiger partial charge in [-0.3, -0.25) is 0 Å². The van der Waals surface area contributed by atoms with Gasteiger partial charge in [-0.1, -0.05) is 11.6 Å². The van der Waals surface area contributed by atoms with Crippen LogP contribution in [0, 0.1) is 19.7 Å². The summed E-state index contributed by atoms with van der Waals surface area (Å²) in [5.74, 6) is 0.330. The van der Waals surface area contributed by atoms with E-state index in [0.29, 0.717) is 22.1 Å². The minimum atomic E-state index is -0.296. The van der Waals surface area contributed by atoms with E-state index >= 15 is 0 Å². The predicted molar refractivity (Wildman–Crippen MR) is 76.1 cm³/mol. The highest BCUT2D eigenvalue weighted by molar-refractivity contribution is 9.10. The van der Waals surface area contributed by atoms with Crippen LogP contribution in [0.5, 0.6) is 0 Å². The van der Waals surface area contributed by atoms with Gasteiger partial charge in [0.15, 0.2) is 0 Å². The third-order valence-corrected chi connectivity index (χ3v) is 3.68. The molecule has 18 heavy (non-hydrogen) atoms. The number of hydrogen-bond donors (Lipinski definition) is 1. The first-order chi connectivity index (χ1) is 8.47. The smallest absolute Gasteiger partial charge is 0.130 e. The quantitative estimate of drug-likeness (QED) is 0.839. The number of hydrogen-bond acceptors (Lipinski definition) is 2. The highest BCUT2D eigenvalue weighted by Crippen LogP contribution is 2.28. The van der Waals surface area contributed by atoms with Crippen LogP contribution < -0.4 is 5.32 Å². The molecule has 0 spiro atoms. The van der Waals surface area contributed by atoms with Crippen LogP contribution >= 0.6 is 27.5 Å². The number of rotatable bonds is 2. The number of aryl methyl sites for hydroxylation is 2. The van der Waals surface area contributed by atoms with Gasteiger partial charge in [-0.05, 0) is 59.6 Å². The van der Waals surface area contributed by atoms with E-state index in [1.54, 1.807) is 19.1 Å². The Morgan fingerprint density at radius 1 is 1.28 bits per heavy atom. The number of halogens is 3. The van der Waals surface area contributed by atoms with Crippen molar-refractivity contribution in [3.05, 3.63) is 50.8 Å². The second-order valence-corrected chi connectivity index (χ2v) is 5.23. The lowest BCUT2D eigenvalue weighted by Crippen LogP contribution is -1.97. The van der Waals surface area contributed by atoms with Gasteiger partial charge >= 0.3 is 0 Å². The molecule has 1 heterocycles. The molecule has 2 rings (SSSR count). The number of pyridine rings is 1. The first-order valence-electron chi connectivity index (χ1n) is 5.33. The lowest BCUT2D eigenvalue weighted by Gasteiger charge is -2.10. The van der Waals surface area contributed by atoms with Crippen molar-refractivity contribution in [1.29, 1.82) is 0 Å². The summed E-state index contributed by atoms with van der Waals surface area (Å²) in [7, 11) is 0. The summed E-state index contributed by atoms with van der Waals surface area (Å²) in [6.07, 6.45) is 0. The van der Waals surface area contributed by atoms with Gasteiger partial charge in [-0.15, -0.1) is 0 Å². The van der Waals surface area contributed by atoms with Crippen LogP contribution in [0.1, 0.15) is 11.3 Å². The van der Waals surface area contributed by atoms with Gasteiger partial charge in [-0.25, -0.2) is 9.37 Å². The molecule has 0 amide bonds. The highest BCUT2D eigenvalue weighted by Gasteiger charge is 2.07. The van der Waals surface area contributed by atoms with Gasteiger partial charge in [0.2, 0.25) is 0 Å². The Hall–Kier alpha value is -1.13. The van der Waals surface area contributed by atoms with Crippen molar-refractivity contribution >= 4 is 39.0 Å². The lowest BCUT2D eigenvalue weighted by molar-refractivity contribution is 0.619. The van der Waals surface area contributed by atoms with Crippen LogP contribution in [0.25, 0.3) is 0 Å². The Labute approximate surface area is 118 Å². The van der Waals surface area contributed by atoms with Gasteiger partial charge in [0.05, 0.1) is 16.4 Å². The van der Waals surface area contributed by atoms with Crippen molar-refractivity contribution in [1.82, 2.24) is 4.98 Å². The second-order valence-electron chi connectivity index (χ2n) is 3.97. The minimum absolute atomic E-state index is 0.296. The van der Waals surface area contributed by atoms with Crippen LogP contribution in [0.15, 0.2) is 28.7 Å². The molecule has 0 bridgehead atoms. The molecule has 2 nitrogen and oxygen atoms in total. The number of nitrogens with one attached hydrogen (secondary N) is 1. The molecule has 94 valence electrons. The Morgan fingerprint density at radius 3 is 2.67 bits per heavy atom. The van der Waals surface area contributed by atoms with Crippen LogP contribution in [-0.4, -0.2) is 4.98 Å². The van der Waals surface area contributed by atoms with E-state index in [-0.39, 0.29) is 5.82 Å². The van der Waals surface area contributed by atoms with Gasteiger partial charge in [-0.2, -0.15) is 0 Å². The molecular weight excluding hydrogens is 319 g/mol. The molecule has 0 fully saturated rings. The molecule has 0 aliphatic heterocycles. The van der Waals surface area contributed by atoms with Crippen LogP contribution in [0.2, 0.25) is 5.02 Å². The first kappa shape index (κ1) is 13.3. The van der Waals surface area contributed by atoms with Crippen molar-refractivity contribution in [3.8, 4) is 0 Å². The molecule has 1 aromatic heterocycles. The Kier molecular flexibility index (Phi) is 3.88. The fourth-order valence-electron chi connectivity index (χ4n) is 1.49. The number of anilines is 2. The van der Waals surface area contributed by atoms with E-state index in [9.17, 15) is 4.39 Å². The number of aromatic nitrogens is 1. The maximum absolute atomic E-state index is 13.5. The average molecular weight is 330 g/mol. The molecule has 0 aliphatic carbocycles. The summed E-state index contributed by atoms with van der Waals surface area (Å²) in [4.78, 5) is 4.32. The molecule has 0 saturated heterocycles. The van der Waals surface area contributed by atoms with Gasteiger partial charge in [0.1, 0.15) is 11.6 Å². The summed E-state index contributed by atoms with van der Waals surface area (Å²) in [6, 6.07) is 6.63. The Balaban J connectivity index is 2.34. The summed E-state index contributed by atoms with van der Waals surface area (Å²) >= 11 is 9.43. The molecule has 0 saturated carbocycles. The Morgan fingerprint density at radius 2 is 2.00 bits per heavy atom. The molecule has 1 aromatic carbocycles. The molecule has 0 unspecified atom stereocenters. The first-order valence-corrected chi connectivity index (χ1v) is 6.50. The zero-order chi connectivity index (χ0) is 13.3. The van der Waals surface area contributed by atoms with Crippen LogP contribution in [-0.2, 0) is 0 Å². The molecule has 5 heteroatoms. The van der Waals surface area contributed by atoms with Crippen molar-refractivity contribution in [2.75, 3.05) is 5.32 Å². The molecule has 0 aliphatic rings. The SMILES string of the molecule is Cc1cc(Cl)c(Nc2ccc(Br)c(C)n2)cc1F. The lowest BCUT2D eigenvalue weighted by atomic mass is 10.2. The summed E-state index contributed by atoms with van der Waals surface area (Å²) < 4.78 is 14.4. The van der Waals surface area contributed by atoms with Gasteiger partial charge < -0.3 is 5.32 Å². The van der Waals surface area contributed by atoms with Crippen LogP contribution in [0.3, 0.4) is 0 Å². The summed E-state index contributed by atoms with van der Waals surface area (Å²) in [6.45, 7) is 3.56. The van der Waals surface area contributed by atoms with Crippen molar-refractivity contribution in [2.24, 2.45) is 0 Å². The maximum Gasteiger partial charge on any atom is 0.130 e. The molecule has 0 radical (unpaired) electrons. The highest BCUT2D eigenvalue weighted by atomic mass is 79.9. The average Bonchev–Trinajstić information content (AvgIpc) is 2.31. The van der Waals surface area contributed by atoms with E-state index in [1.807, 2.05) is 13.0 Å². The largest absolute Gasteiger partial charge is 0.339 e. The van der Waals surface area contributed by atoms with Gasteiger partial charge in [0, 0.05) is 4.47 Å². The van der Waals surface area contributed by atoms with Crippen molar-refractivity contribution in [2.45, 2.75) is 13.8 Å². The van der Waals surface area contributed by atoms with E-state index in [0.717, 1.165) is 10.2 Å². The number of benzene rings is 1. The molecule has 2 aromatic rings. The third-order valence-electron chi connectivity index (χ3n) is 2.53. The third kappa shape index (κ3) is 2.82. The molecule has 1 N–H and O–H groups in total.